The van der Waals surface area contributed by atoms with E-state index in [4.69, 9.17) is 4.42 Å². The summed E-state index contributed by atoms with van der Waals surface area (Å²) in [7, 11) is 1.64. The van der Waals surface area contributed by atoms with Crippen molar-refractivity contribution in [3.8, 4) is 11.5 Å². The Bertz CT molecular complexity index is 764. The van der Waals surface area contributed by atoms with Crippen molar-refractivity contribution in [2.24, 2.45) is 0 Å². The molecule has 0 radical (unpaired) electrons. The van der Waals surface area contributed by atoms with E-state index in [2.05, 4.69) is 15.3 Å². The second-order valence-corrected chi connectivity index (χ2v) is 4.08. The lowest BCUT2D eigenvalue weighted by molar-refractivity contribution is -0.384. The summed E-state index contributed by atoms with van der Waals surface area (Å²) in [4.78, 5) is 18.5. The highest BCUT2D eigenvalue weighted by molar-refractivity contribution is 5.83. The molecule has 0 unspecified atom stereocenters. The highest BCUT2D eigenvalue weighted by Crippen LogP contribution is 2.32. The second kappa shape index (κ2) is 4.61. The summed E-state index contributed by atoms with van der Waals surface area (Å²) in [6, 6.07) is 9.10. The number of anilines is 1. The van der Waals surface area contributed by atoms with Crippen LogP contribution in [0.5, 0.6) is 0 Å². The first kappa shape index (κ1) is 12.1. The fourth-order valence-electron chi connectivity index (χ4n) is 1.91. The number of hydrogen-bond donors (Lipinski definition) is 1. The SMILES string of the molecule is CNc1ncc([N+](=O)[O-])c(-c2cc3ccccc3o2)n1. The number of nitrogens with zero attached hydrogens (tertiary/aromatic N) is 3. The first-order valence-corrected chi connectivity index (χ1v) is 5.87. The predicted octanol–water partition coefficient (Wildman–Crippen LogP) is 2.84. The van der Waals surface area contributed by atoms with Crippen LogP contribution in [0, 0.1) is 10.1 Å². The second-order valence-electron chi connectivity index (χ2n) is 4.08. The van der Waals surface area contributed by atoms with E-state index in [-0.39, 0.29) is 11.4 Å². The van der Waals surface area contributed by atoms with Crippen molar-refractivity contribution in [2.75, 3.05) is 12.4 Å². The van der Waals surface area contributed by atoms with Gasteiger partial charge in [0.25, 0.3) is 0 Å². The molecule has 0 atom stereocenters. The summed E-state index contributed by atoms with van der Waals surface area (Å²) in [5.74, 6) is 0.642. The summed E-state index contributed by atoms with van der Waals surface area (Å²) in [5.41, 5.74) is 0.620. The van der Waals surface area contributed by atoms with E-state index in [0.717, 1.165) is 5.39 Å². The number of benzene rings is 1. The molecule has 20 heavy (non-hydrogen) atoms. The van der Waals surface area contributed by atoms with Gasteiger partial charge in [0, 0.05) is 12.4 Å². The zero-order chi connectivity index (χ0) is 14.1. The van der Waals surface area contributed by atoms with Gasteiger partial charge in [-0.15, -0.1) is 0 Å². The van der Waals surface area contributed by atoms with Crippen LogP contribution in [-0.4, -0.2) is 21.9 Å². The van der Waals surface area contributed by atoms with Crippen LogP contribution in [0.15, 0.2) is 40.9 Å². The van der Waals surface area contributed by atoms with E-state index in [0.29, 0.717) is 17.3 Å². The molecule has 0 saturated carbocycles. The number of furan rings is 1. The number of nitro groups is 1. The molecule has 2 aromatic heterocycles. The third kappa shape index (κ3) is 1.95. The Kier molecular flexibility index (Phi) is 2.79. The van der Waals surface area contributed by atoms with E-state index in [1.807, 2.05) is 18.2 Å². The standard InChI is InChI=1S/C13H10N4O3/c1-14-13-15-7-9(17(18)19)12(16-13)11-6-8-4-2-3-5-10(8)20-11/h2-7H,1H3,(H,14,15,16). The van der Waals surface area contributed by atoms with Gasteiger partial charge in [-0.25, -0.2) is 9.97 Å². The molecule has 0 aliphatic carbocycles. The van der Waals surface area contributed by atoms with Crippen molar-refractivity contribution in [1.82, 2.24) is 9.97 Å². The minimum atomic E-state index is -0.526. The smallest absolute Gasteiger partial charge is 0.317 e. The lowest BCUT2D eigenvalue weighted by Crippen LogP contribution is -2.01. The average Bonchev–Trinajstić information content (AvgIpc) is 2.90. The van der Waals surface area contributed by atoms with Gasteiger partial charge in [-0.2, -0.15) is 0 Å². The van der Waals surface area contributed by atoms with Gasteiger partial charge in [0.15, 0.2) is 11.5 Å². The van der Waals surface area contributed by atoms with Crippen LogP contribution in [0.3, 0.4) is 0 Å². The molecule has 3 rings (SSSR count). The fourth-order valence-corrected chi connectivity index (χ4v) is 1.91. The Hall–Kier alpha value is -2.96. The molecule has 0 bridgehead atoms. The van der Waals surface area contributed by atoms with Gasteiger partial charge in [-0.05, 0) is 12.1 Å². The lowest BCUT2D eigenvalue weighted by atomic mass is 10.2. The monoisotopic (exact) mass is 270 g/mol. The third-order valence-electron chi connectivity index (χ3n) is 2.85. The normalized spacial score (nSPS) is 10.7. The van der Waals surface area contributed by atoms with E-state index < -0.39 is 4.92 Å². The van der Waals surface area contributed by atoms with Crippen LogP contribution in [0.1, 0.15) is 0 Å². The van der Waals surface area contributed by atoms with Gasteiger partial charge in [-0.1, -0.05) is 18.2 Å². The maximum atomic E-state index is 11.1. The Labute approximate surface area is 113 Å². The minimum absolute atomic E-state index is 0.158. The number of nitrogens with one attached hydrogen (secondary N) is 1. The molecule has 0 fully saturated rings. The van der Waals surface area contributed by atoms with Crippen molar-refractivity contribution >= 4 is 22.6 Å². The van der Waals surface area contributed by atoms with E-state index in [1.54, 1.807) is 19.2 Å². The zero-order valence-electron chi connectivity index (χ0n) is 10.5. The molecule has 0 spiro atoms. The van der Waals surface area contributed by atoms with Crippen LogP contribution >= 0.6 is 0 Å². The topological polar surface area (TPSA) is 94.1 Å². The van der Waals surface area contributed by atoms with Crippen molar-refractivity contribution < 1.29 is 9.34 Å². The van der Waals surface area contributed by atoms with Crippen molar-refractivity contribution in [2.45, 2.75) is 0 Å². The largest absolute Gasteiger partial charge is 0.454 e. The van der Waals surface area contributed by atoms with Gasteiger partial charge in [0.2, 0.25) is 5.95 Å². The molecule has 7 heteroatoms. The number of para-hydroxylation sites is 1. The highest BCUT2D eigenvalue weighted by atomic mass is 16.6. The van der Waals surface area contributed by atoms with Crippen LogP contribution in [-0.2, 0) is 0 Å². The zero-order valence-corrected chi connectivity index (χ0v) is 10.5. The summed E-state index contributed by atoms with van der Waals surface area (Å²) >= 11 is 0. The van der Waals surface area contributed by atoms with Crippen molar-refractivity contribution in [3.63, 3.8) is 0 Å². The van der Waals surface area contributed by atoms with Crippen LogP contribution in [0.4, 0.5) is 11.6 Å². The number of hydrogen-bond acceptors (Lipinski definition) is 6. The maximum absolute atomic E-state index is 11.1. The molecule has 0 saturated heterocycles. The van der Waals surface area contributed by atoms with Crippen LogP contribution in [0.2, 0.25) is 0 Å². The van der Waals surface area contributed by atoms with E-state index in [9.17, 15) is 10.1 Å². The van der Waals surface area contributed by atoms with Crippen LogP contribution in [0.25, 0.3) is 22.4 Å². The number of aromatic nitrogens is 2. The van der Waals surface area contributed by atoms with Gasteiger partial charge in [0.1, 0.15) is 11.8 Å². The van der Waals surface area contributed by atoms with Crippen molar-refractivity contribution in [1.29, 1.82) is 0 Å². The Morgan fingerprint density at radius 1 is 1.35 bits per heavy atom. The quantitative estimate of drug-likeness (QED) is 0.581. The molecule has 3 aromatic rings. The van der Waals surface area contributed by atoms with Gasteiger partial charge in [0.05, 0.1) is 4.92 Å². The maximum Gasteiger partial charge on any atom is 0.317 e. The molecular formula is C13H10N4O3. The molecule has 100 valence electrons. The van der Waals surface area contributed by atoms with Gasteiger partial charge >= 0.3 is 5.69 Å². The summed E-state index contributed by atoms with van der Waals surface area (Å²) in [6.45, 7) is 0. The van der Waals surface area contributed by atoms with E-state index >= 15 is 0 Å². The average molecular weight is 270 g/mol. The molecule has 0 aliphatic heterocycles. The molecule has 0 aliphatic rings. The molecule has 1 N–H and O–H groups in total. The minimum Gasteiger partial charge on any atom is -0.454 e. The fraction of sp³-hybridized carbons (Fsp3) is 0.0769. The molecule has 2 heterocycles. The molecule has 7 nitrogen and oxygen atoms in total. The van der Waals surface area contributed by atoms with Crippen LogP contribution < -0.4 is 5.32 Å². The van der Waals surface area contributed by atoms with Gasteiger partial charge in [-0.3, -0.25) is 10.1 Å². The Morgan fingerprint density at radius 2 is 2.15 bits per heavy atom. The Morgan fingerprint density at radius 3 is 2.85 bits per heavy atom. The highest BCUT2D eigenvalue weighted by Gasteiger charge is 2.21. The molecule has 1 aromatic carbocycles. The number of fused-ring (bicyclic) bond motifs is 1. The summed E-state index contributed by atoms with van der Waals surface area (Å²) < 4.78 is 5.62. The number of rotatable bonds is 3. The lowest BCUT2D eigenvalue weighted by Gasteiger charge is -2.01. The molecule has 0 amide bonds. The first-order chi connectivity index (χ1) is 9.69. The van der Waals surface area contributed by atoms with Crippen molar-refractivity contribution in [3.05, 3.63) is 46.6 Å². The van der Waals surface area contributed by atoms with E-state index in [1.165, 1.54) is 6.20 Å². The first-order valence-electron chi connectivity index (χ1n) is 5.87. The molecular weight excluding hydrogens is 260 g/mol. The van der Waals surface area contributed by atoms with Gasteiger partial charge < -0.3 is 9.73 Å². The predicted molar refractivity (Wildman–Crippen MR) is 73.4 cm³/mol. The summed E-state index contributed by atoms with van der Waals surface area (Å²) in [6.07, 6.45) is 1.17. The third-order valence-corrected chi connectivity index (χ3v) is 2.85. The Balaban J connectivity index is 2.23. The summed E-state index contributed by atoms with van der Waals surface area (Å²) in [5, 5.41) is 14.7.